The van der Waals surface area contributed by atoms with Crippen molar-refractivity contribution >= 4 is 16.9 Å². The van der Waals surface area contributed by atoms with Crippen LogP contribution in [0, 0.1) is 5.92 Å². The van der Waals surface area contributed by atoms with Gasteiger partial charge in [-0.2, -0.15) is 0 Å². The maximum atomic E-state index is 12.3. The van der Waals surface area contributed by atoms with Gasteiger partial charge in [0.1, 0.15) is 0 Å². The fourth-order valence-corrected chi connectivity index (χ4v) is 3.87. The Morgan fingerprint density at radius 3 is 2.64 bits per heavy atom. The molecule has 1 amide bonds. The van der Waals surface area contributed by atoms with Crippen LogP contribution in [0.3, 0.4) is 0 Å². The summed E-state index contributed by atoms with van der Waals surface area (Å²) in [7, 11) is 1.92. The van der Waals surface area contributed by atoms with E-state index in [0.29, 0.717) is 6.54 Å². The van der Waals surface area contributed by atoms with Crippen molar-refractivity contribution in [3.63, 3.8) is 0 Å². The summed E-state index contributed by atoms with van der Waals surface area (Å²) in [4.78, 5) is 31.7. The van der Waals surface area contributed by atoms with Crippen LogP contribution in [0.15, 0.2) is 29.1 Å². The zero-order valence-corrected chi connectivity index (χ0v) is 14.8. The highest BCUT2D eigenvalue weighted by Crippen LogP contribution is 2.29. The second kappa shape index (κ2) is 6.67. The first-order valence-corrected chi connectivity index (χ1v) is 9.27. The zero-order valence-electron chi connectivity index (χ0n) is 14.8. The third-order valence-electron chi connectivity index (χ3n) is 5.56. The van der Waals surface area contributed by atoms with E-state index in [2.05, 4.69) is 9.88 Å². The van der Waals surface area contributed by atoms with Gasteiger partial charge < -0.3 is 9.88 Å². The molecular formula is C19H26N4O2. The minimum atomic E-state index is -0.0279. The summed E-state index contributed by atoms with van der Waals surface area (Å²) < 4.78 is 1.90. The van der Waals surface area contributed by atoms with Gasteiger partial charge in [-0.15, -0.1) is 0 Å². The van der Waals surface area contributed by atoms with Crippen LogP contribution in [0.4, 0.5) is 0 Å². The van der Waals surface area contributed by atoms with Crippen molar-refractivity contribution in [2.75, 3.05) is 33.2 Å². The number of nitrogens with zero attached hydrogens (tertiary/aromatic N) is 3. The minimum Gasteiger partial charge on any atom is -0.344 e. The van der Waals surface area contributed by atoms with Gasteiger partial charge in [-0.25, -0.2) is 4.79 Å². The lowest BCUT2D eigenvalue weighted by Crippen LogP contribution is -2.43. The van der Waals surface area contributed by atoms with Crippen molar-refractivity contribution in [1.82, 2.24) is 19.4 Å². The lowest BCUT2D eigenvalue weighted by atomic mass is 10.0. The van der Waals surface area contributed by atoms with E-state index in [9.17, 15) is 9.59 Å². The number of hydrogen-bond donors (Lipinski definition) is 1. The van der Waals surface area contributed by atoms with E-state index in [4.69, 9.17) is 0 Å². The second-order valence-electron chi connectivity index (χ2n) is 7.54. The molecule has 2 fully saturated rings. The van der Waals surface area contributed by atoms with E-state index in [-0.39, 0.29) is 17.6 Å². The Kier molecular flexibility index (Phi) is 4.37. The largest absolute Gasteiger partial charge is 0.344 e. The first kappa shape index (κ1) is 16.4. The average Bonchev–Trinajstić information content (AvgIpc) is 3.35. The normalized spacial score (nSPS) is 19.4. The summed E-state index contributed by atoms with van der Waals surface area (Å²) in [6.45, 7) is 3.12. The fraction of sp³-hybridized carbons (Fsp3) is 0.579. The van der Waals surface area contributed by atoms with E-state index in [0.717, 1.165) is 49.4 Å². The molecule has 134 valence electrons. The van der Waals surface area contributed by atoms with Crippen molar-refractivity contribution in [3.05, 3.63) is 34.7 Å². The summed E-state index contributed by atoms with van der Waals surface area (Å²) in [5.41, 5.74) is 1.85. The van der Waals surface area contributed by atoms with Crippen LogP contribution in [-0.2, 0) is 4.79 Å². The molecule has 4 rings (SSSR count). The number of carbonyl (C=O) groups excluding carboxylic acids is 1. The first-order chi connectivity index (χ1) is 12.1. The third kappa shape index (κ3) is 3.49. The molecule has 2 aromatic rings. The number of nitrogens with one attached hydrogen (secondary N) is 1. The Morgan fingerprint density at radius 1 is 1.20 bits per heavy atom. The number of aromatic nitrogens is 2. The highest BCUT2D eigenvalue weighted by Gasteiger charge is 2.27. The summed E-state index contributed by atoms with van der Waals surface area (Å²) in [5.74, 6) is 0.947. The molecule has 6 nitrogen and oxygen atoms in total. The number of benzene rings is 1. The molecule has 2 aliphatic rings. The number of carbonyl (C=O) groups is 1. The first-order valence-electron chi connectivity index (χ1n) is 9.27. The van der Waals surface area contributed by atoms with E-state index >= 15 is 0 Å². The minimum absolute atomic E-state index is 0.0279. The molecule has 0 spiro atoms. The standard InChI is InChI=1S/C19H26N4O2/c1-21(12-14-6-7-14)18(24)13-22-10-8-15(9-11-22)23-17-5-3-2-4-16(17)20-19(23)25/h2-5,14-15H,6-13H2,1H3,(H,20,25). The van der Waals surface area contributed by atoms with Gasteiger partial charge in [0.05, 0.1) is 17.6 Å². The van der Waals surface area contributed by atoms with E-state index < -0.39 is 0 Å². The van der Waals surface area contributed by atoms with Gasteiger partial charge in [0.2, 0.25) is 5.91 Å². The summed E-state index contributed by atoms with van der Waals surface area (Å²) >= 11 is 0. The number of hydrogen-bond acceptors (Lipinski definition) is 3. The van der Waals surface area contributed by atoms with E-state index in [1.165, 1.54) is 12.8 Å². The zero-order chi connectivity index (χ0) is 17.4. The quantitative estimate of drug-likeness (QED) is 0.902. The van der Waals surface area contributed by atoms with Gasteiger partial charge in [-0.3, -0.25) is 14.3 Å². The molecule has 1 aromatic carbocycles. The number of piperidine rings is 1. The average molecular weight is 342 g/mol. The SMILES string of the molecule is CN(CC1CC1)C(=O)CN1CCC(n2c(=O)[nH]c3ccccc32)CC1. The molecule has 2 heterocycles. The van der Waals surface area contributed by atoms with Crippen LogP contribution in [0.25, 0.3) is 11.0 Å². The molecule has 1 saturated carbocycles. The van der Waals surface area contributed by atoms with Gasteiger partial charge >= 0.3 is 5.69 Å². The number of likely N-dealkylation sites (tertiary alicyclic amines) is 1. The Hall–Kier alpha value is -2.08. The van der Waals surface area contributed by atoms with Crippen molar-refractivity contribution in [3.8, 4) is 0 Å². The van der Waals surface area contributed by atoms with E-state index in [1.807, 2.05) is 40.8 Å². The molecule has 0 radical (unpaired) electrons. The van der Waals surface area contributed by atoms with Gasteiger partial charge in [0.25, 0.3) is 0 Å². The highest BCUT2D eigenvalue weighted by atomic mass is 16.2. The number of para-hydroxylation sites is 2. The van der Waals surface area contributed by atoms with Gasteiger partial charge in [-0.05, 0) is 43.7 Å². The molecule has 0 bridgehead atoms. The highest BCUT2D eigenvalue weighted by molar-refractivity contribution is 5.78. The van der Waals surface area contributed by atoms with Gasteiger partial charge in [0, 0.05) is 32.7 Å². The van der Waals surface area contributed by atoms with Crippen LogP contribution in [0.2, 0.25) is 0 Å². The number of H-pyrrole nitrogens is 1. The molecule has 1 saturated heterocycles. The van der Waals surface area contributed by atoms with Crippen LogP contribution < -0.4 is 5.69 Å². The molecule has 1 aliphatic heterocycles. The van der Waals surface area contributed by atoms with Crippen molar-refractivity contribution in [2.24, 2.45) is 5.92 Å². The van der Waals surface area contributed by atoms with Crippen molar-refractivity contribution in [1.29, 1.82) is 0 Å². The number of amides is 1. The molecule has 0 atom stereocenters. The summed E-state index contributed by atoms with van der Waals surface area (Å²) in [6, 6.07) is 8.05. The lowest BCUT2D eigenvalue weighted by molar-refractivity contribution is -0.131. The van der Waals surface area contributed by atoms with Crippen LogP contribution in [-0.4, -0.2) is 58.5 Å². The maximum Gasteiger partial charge on any atom is 0.326 e. The van der Waals surface area contributed by atoms with Crippen molar-refractivity contribution < 1.29 is 4.79 Å². The smallest absolute Gasteiger partial charge is 0.326 e. The molecule has 0 unspecified atom stereocenters. The number of imidazole rings is 1. The predicted octanol–water partition coefficient (Wildman–Crippen LogP) is 1.83. The van der Waals surface area contributed by atoms with Gasteiger partial charge in [-0.1, -0.05) is 12.1 Å². The Labute approximate surface area is 147 Å². The molecule has 25 heavy (non-hydrogen) atoms. The van der Waals surface area contributed by atoms with Crippen molar-refractivity contribution in [2.45, 2.75) is 31.7 Å². The molecular weight excluding hydrogens is 316 g/mol. The predicted molar refractivity (Wildman–Crippen MR) is 97.6 cm³/mol. The molecule has 1 aromatic heterocycles. The van der Waals surface area contributed by atoms with E-state index in [1.54, 1.807) is 0 Å². The number of rotatable bonds is 5. The summed E-state index contributed by atoms with van der Waals surface area (Å²) in [6.07, 6.45) is 4.34. The Morgan fingerprint density at radius 2 is 1.92 bits per heavy atom. The summed E-state index contributed by atoms with van der Waals surface area (Å²) in [5, 5.41) is 0. The number of aromatic amines is 1. The van der Waals surface area contributed by atoms with Crippen LogP contribution in [0.5, 0.6) is 0 Å². The van der Waals surface area contributed by atoms with Crippen LogP contribution >= 0.6 is 0 Å². The molecule has 1 aliphatic carbocycles. The lowest BCUT2D eigenvalue weighted by Gasteiger charge is -2.33. The number of likely N-dealkylation sites (N-methyl/N-ethyl adjacent to an activating group) is 1. The fourth-order valence-electron chi connectivity index (χ4n) is 3.87. The second-order valence-corrected chi connectivity index (χ2v) is 7.54. The van der Waals surface area contributed by atoms with Gasteiger partial charge in [0.15, 0.2) is 0 Å². The Bertz CT molecular complexity index is 812. The molecule has 6 heteroatoms. The molecule has 1 N–H and O–H groups in total. The van der Waals surface area contributed by atoms with Crippen LogP contribution in [0.1, 0.15) is 31.7 Å². The monoisotopic (exact) mass is 342 g/mol. The third-order valence-corrected chi connectivity index (χ3v) is 5.56. The number of fused-ring (bicyclic) bond motifs is 1. The Balaban J connectivity index is 1.37. The maximum absolute atomic E-state index is 12.3. The topological polar surface area (TPSA) is 61.3 Å².